The fourth-order valence-corrected chi connectivity index (χ4v) is 5.45. The van der Waals surface area contributed by atoms with E-state index in [0.717, 1.165) is 61.9 Å². The molecule has 39 heavy (non-hydrogen) atoms. The van der Waals surface area contributed by atoms with Crippen molar-refractivity contribution in [2.24, 2.45) is 10.9 Å². The van der Waals surface area contributed by atoms with Crippen LogP contribution in [0.2, 0.25) is 0 Å². The highest BCUT2D eigenvalue weighted by Gasteiger charge is 2.32. The van der Waals surface area contributed by atoms with Crippen molar-refractivity contribution in [3.8, 4) is 0 Å². The number of benzodiazepines with no additional fused rings is 1. The number of benzene rings is 3. The first-order valence-corrected chi connectivity index (χ1v) is 13.4. The van der Waals surface area contributed by atoms with Crippen LogP contribution in [0.4, 0.5) is 18.9 Å². The van der Waals surface area contributed by atoms with Gasteiger partial charge in [-0.05, 0) is 60.7 Å². The van der Waals surface area contributed by atoms with E-state index in [0.29, 0.717) is 16.8 Å². The normalized spacial score (nSPS) is 18.7. The quantitative estimate of drug-likeness (QED) is 0.366. The molecule has 3 aromatic rings. The minimum atomic E-state index is -1.18. The van der Waals surface area contributed by atoms with Gasteiger partial charge in [-0.2, -0.15) is 0 Å². The second-order valence-electron chi connectivity index (χ2n) is 10.2. The lowest BCUT2D eigenvalue weighted by atomic mass is 9.89. The molecule has 3 aromatic carbocycles. The van der Waals surface area contributed by atoms with Gasteiger partial charge in [-0.25, -0.2) is 13.2 Å². The lowest BCUT2D eigenvalue weighted by Gasteiger charge is -2.22. The number of nitrogens with zero attached hydrogens (tertiary/aromatic N) is 1. The number of anilines is 1. The summed E-state index contributed by atoms with van der Waals surface area (Å²) in [7, 11) is 0. The number of carbonyl (C=O) groups excluding carboxylic acids is 2. The highest BCUT2D eigenvalue weighted by Crippen LogP contribution is 2.31. The summed E-state index contributed by atoms with van der Waals surface area (Å²) in [4.78, 5) is 31.8. The molecule has 0 aromatic heterocycles. The maximum absolute atomic E-state index is 13.9. The third-order valence-corrected chi connectivity index (χ3v) is 7.51. The summed E-state index contributed by atoms with van der Waals surface area (Å²) >= 11 is 0. The molecule has 2 atom stereocenters. The van der Waals surface area contributed by atoms with Crippen molar-refractivity contribution in [3.05, 3.63) is 101 Å². The number of para-hydroxylation sites is 1. The lowest BCUT2D eigenvalue weighted by molar-refractivity contribution is -0.127. The molecule has 202 valence electrons. The molecule has 0 spiro atoms. The molecule has 5 nitrogen and oxygen atoms in total. The molecular formula is C31H30F3N3O2. The molecule has 1 aliphatic carbocycles. The summed E-state index contributed by atoms with van der Waals surface area (Å²) in [6.07, 6.45) is 5.21. The molecule has 2 aliphatic rings. The van der Waals surface area contributed by atoms with Crippen molar-refractivity contribution in [2.45, 2.75) is 57.0 Å². The molecule has 0 saturated heterocycles. The first-order chi connectivity index (χ1) is 18.9. The van der Waals surface area contributed by atoms with Crippen LogP contribution in [0.15, 0.2) is 71.7 Å². The Hall–Kier alpha value is -3.94. The van der Waals surface area contributed by atoms with Crippen molar-refractivity contribution in [3.63, 3.8) is 0 Å². The van der Waals surface area contributed by atoms with Gasteiger partial charge in [0.25, 0.3) is 5.91 Å². The number of fused-ring (bicyclic) bond motifs is 1. The van der Waals surface area contributed by atoms with E-state index in [1.807, 2.05) is 24.3 Å². The Kier molecular flexibility index (Phi) is 8.10. The molecule has 1 fully saturated rings. The molecule has 1 heterocycles. The maximum Gasteiger partial charge on any atom is 0.269 e. The molecule has 1 saturated carbocycles. The number of halogens is 3. The van der Waals surface area contributed by atoms with Gasteiger partial charge < -0.3 is 10.6 Å². The van der Waals surface area contributed by atoms with E-state index in [1.54, 1.807) is 0 Å². The number of aliphatic imine (C=N–C) groups is 1. The third-order valence-electron chi connectivity index (χ3n) is 7.51. The Morgan fingerprint density at radius 2 is 1.64 bits per heavy atom. The Morgan fingerprint density at radius 1 is 0.923 bits per heavy atom. The summed E-state index contributed by atoms with van der Waals surface area (Å²) in [5, 5.41) is 5.69. The van der Waals surface area contributed by atoms with Crippen LogP contribution >= 0.6 is 0 Å². The number of hydrogen-bond acceptors (Lipinski definition) is 3. The highest BCUT2D eigenvalue weighted by atomic mass is 19.2. The number of carbonyl (C=O) groups is 2. The van der Waals surface area contributed by atoms with Crippen LogP contribution in [0, 0.1) is 23.4 Å². The van der Waals surface area contributed by atoms with Crippen molar-refractivity contribution in [2.75, 3.05) is 5.32 Å². The predicted molar refractivity (Wildman–Crippen MR) is 144 cm³/mol. The zero-order valence-corrected chi connectivity index (χ0v) is 21.4. The molecule has 5 rings (SSSR count). The van der Waals surface area contributed by atoms with Gasteiger partial charge >= 0.3 is 0 Å². The van der Waals surface area contributed by atoms with Crippen LogP contribution in [-0.2, 0) is 16.0 Å². The SMILES string of the molecule is O=C1Nc2ccccc2C(C2CCCCCC2)=NC1NC(=O)C(Cc1ccc(F)c(F)c1)c1ccc(F)cc1. The third kappa shape index (κ3) is 6.21. The highest BCUT2D eigenvalue weighted by molar-refractivity contribution is 6.13. The van der Waals surface area contributed by atoms with Crippen molar-refractivity contribution in [1.82, 2.24) is 5.32 Å². The molecule has 0 radical (unpaired) electrons. The van der Waals surface area contributed by atoms with Crippen LogP contribution in [0.5, 0.6) is 0 Å². The molecule has 2 amide bonds. The Labute approximate surface area is 225 Å². The molecule has 0 bridgehead atoms. The van der Waals surface area contributed by atoms with Crippen molar-refractivity contribution in [1.29, 1.82) is 0 Å². The van der Waals surface area contributed by atoms with E-state index in [9.17, 15) is 22.8 Å². The van der Waals surface area contributed by atoms with Gasteiger partial charge in [0.1, 0.15) is 5.82 Å². The summed E-state index contributed by atoms with van der Waals surface area (Å²) in [5.74, 6) is -4.21. The zero-order chi connectivity index (χ0) is 27.4. The van der Waals surface area contributed by atoms with Crippen LogP contribution in [-0.4, -0.2) is 23.7 Å². The zero-order valence-electron chi connectivity index (χ0n) is 21.4. The van der Waals surface area contributed by atoms with Gasteiger partial charge in [0.2, 0.25) is 12.1 Å². The van der Waals surface area contributed by atoms with Crippen LogP contribution in [0.3, 0.4) is 0 Å². The average molecular weight is 534 g/mol. The first kappa shape index (κ1) is 26.7. The van der Waals surface area contributed by atoms with Gasteiger partial charge in [0, 0.05) is 17.2 Å². The fourth-order valence-electron chi connectivity index (χ4n) is 5.45. The Bertz CT molecular complexity index is 1380. The number of amides is 2. The monoisotopic (exact) mass is 533 g/mol. The Morgan fingerprint density at radius 3 is 2.36 bits per heavy atom. The predicted octanol–water partition coefficient (Wildman–Crippen LogP) is 6.28. The van der Waals surface area contributed by atoms with Crippen LogP contribution < -0.4 is 10.6 Å². The largest absolute Gasteiger partial charge is 0.326 e. The van der Waals surface area contributed by atoms with Gasteiger partial charge in [-0.1, -0.05) is 62.1 Å². The molecule has 8 heteroatoms. The fraction of sp³-hybridized carbons (Fsp3) is 0.323. The minimum absolute atomic E-state index is 0.0163. The lowest BCUT2D eigenvalue weighted by Crippen LogP contribution is -2.44. The van der Waals surface area contributed by atoms with Crippen LogP contribution in [0.25, 0.3) is 0 Å². The molecule has 2 N–H and O–H groups in total. The van der Waals surface area contributed by atoms with E-state index in [1.165, 1.54) is 30.3 Å². The van der Waals surface area contributed by atoms with Gasteiger partial charge in [0.05, 0.1) is 11.6 Å². The summed E-state index contributed by atoms with van der Waals surface area (Å²) in [5.41, 5.74) is 3.17. The maximum atomic E-state index is 13.9. The summed E-state index contributed by atoms with van der Waals surface area (Å²) in [6.45, 7) is 0. The molecule has 2 unspecified atom stereocenters. The first-order valence-electron chi connectivity index (χ1n) is 13.4. The van der Waals surface area contributed by atoms with E-state index >= 15 is 0 Å². The number of rotatable bonds is 6. The standard InChI is InChI=1S/C31H30F3N3O2/c32-22-14-12-20(13-15-22)24(17-19-11-16-25(33)26(34)18-19)30(38)37-29-31(39)35-27-10-6-5-9-23(27)28(36-29)21-7-3-1-2-4-8-21/h5-6,9-16,18,21,24,29H,1-4,7-8,17H2,(H,35,39)(H,37,38). The number of nitrogens with one attached hydrogen (secondary N) is 2. The summed E-state index contributed by atoms with van der Waals surface area (Å²) < 4.78 is 41.1. The van der Waals surface area contributed by atoms with E-state index in [2.05, 4.69) is 10.6 Å². The van der Waals surface area contributed by atoms with Gasteiger partial charge in [-0.3, -0.25) is 14.6 Å². The van der Waals surface area contributed by atoms with Crippen LogP contribution in [0.1, 0.15) is 61.1 Å². The van der Waals surface area contributed by atoms with Crippen molar-refractivity contribution >= 4 is 23.2 Å². The van der Waals surface area contributed by atoms with Crippen molar-refractivity contribution < 1.29 is 22.8 Å². The van der Waals surface area contributed by atoms with Gasteiger partial charge in [-0.15, -0.1) is 0 Å². The number of hydrogen-bond donors (Lipinski definition) is 2. The summed E-state index contributed by atoms with van der Waals surface area (Å²) in [6, 6.07) is 16.4. The Balaban J connectivity index is 1.47. The van der Waals surface area contributed by atoms with E-state index in [4.69, 9.17) is 4.99 Å². The average Bonchev–Trinajstić information content (AvgIpc) is 3.28. The second kappa shape index (κ2) is 11.8. The second-order valence-corrected chi connectivity index (χ2v) is 10.2. The minimum Gasteiger partial charge on any atom is -0.326 e. The van der Waals surface area contributed by atoms with E-state index < -0.39 is 41.3 Å². The smallest absolute Gasteiger partial charge is 0.269 e. The molecule has 1 aliphatic heterocycles. The van der Waals surface area contributed by atoms with E-state index in [-0.39, 0.29) is 12.3 Å². The molecular weight excluding hydrogens is 503 g/mol. The van der Waals surface area contributed by atoms with Gasteiger partial charge in [0.15, 0.2) is 11.6 Å². The topological polar surface area (TPSA) is 70.6 Å².